The van der Waals surface area contributed by atoms with Gasteiger partial charge in [-0.25, -0.2) is 9.78 Å². The van der Waals surface area contributed by atoms with Crippen LogP contribution in [0.25, 0.3) is 0 Å². The van der Waals surface area contributed by atoms with Crippen LogP contribution in [0.2, 0.25) is 0 Å². The van der Waals surface area contributed by atoms with Crippen LogP contribution in [0.1, 0.15) is 65.6 Å². The highest BCUT2D eigenvalue weighted by Crippen LogP contribution is 2.28. The summed E-state index contributed by atoms with van der Waals surface area (Å²) in [5.41, 5.74) is 3.71. The summed E-state index contributed by atoms with van der Waals surface area (Å²) < 4.78 is 5.09. The van der Waals surface area contributed by atoms with Crippen LogP contribution in [-0.4, -0.2) is 36.0 Å². The molecular weight excluding hydrogens is 376 g/mol. The number of hydrogen-bond donors (Lipinski definition) is 2. The minimum Gasteiger partial charge on any atom is -0.447 e. The molecule has 1 atom stereocenters. The largest absolute Gasteiger partial charge is 0.447 e. The van der Waals surface area contributed by atoms with Crippen molar-refractivity contribution in [2.24, 2.45) is 5.92 Å². The molecule has 1 fully saturated rings. The summed E-state index contributed by atoms with van der Waals surface area (Å²) in [6.07, 6.45) is 6.09. The van der Waals surface area contributed by atoms with Crippen LogP contribution >= 0.6 is 0 Å². The minimum absolute atomic E-state index is 0.0845. The van der Waals surface area contributed by atoms with E-state index >= 15 is 0 Å². The van der Waals surface area contributed by atoms with Crippen molar-refractivity contribution in [1.29, 1.82) is 5.41 Å². The fourth-order valence-corrected chi connectivity index (χ4v) is 3.17. The number of amides is 1. The second kappa shape index (κ2) is 12.2. The average molecular weight is 415 g/mol. The van der Waals surface area contributed by atoms with E-state index in [0.717, 1.165) is 22.7 Å². The summed E-state index contributed by atoms with van der Waals surface area (Å²) in [5, 5.41) is 11.3. The first kappa shape index (κ1) is 25.4. The van der Waals surface area contributed by atoms with Crippen molar-refractivity contribution in [1.82, 2.24) is 4.98 Å². The number of hydrogen-bond acceptors (Lipinski definition) is 5. The van der Waals surface area contributed by atoms with Gasteiger partial charge in [-0.05, 0) is 44.7 Å². The van der Waals surface area contributed by atoms with Gasteiger partial charge >= 0.3 is 6.09 Å². The normalized spacial score (nSPS) is 16.1. The molecule has 6 nitrogen and oxygen atoms in total. The maximum absolute atomic E-state index is 12.0. The number of carbonyl (C=O) groups is 1. The molecule has 2 rings (SSSR count). The molecule has 1 amide bonds. The molecule has 0 aromatic carbocycles. The molecule has 30 heavy (non-hydrogen) atoms. The second-order valence-electron chi connectivity index (χ2n) is 8.03. The van der Waals surface area contributed by atoms with Gasteiger partial charge in [0.15, 0.2) is 0 Å². The van der Waals surface area contributed by atoms with E-state index in [4.69, 9.17) is 10.1 Å². The fourth-order valence-electron chi connectivity index (χ4n) is 3.17. The number of carbonyl (C=O) groups excluding carboxylic acids is 1. The molecule has 166 valence electrons. The Labute approximate surface area is 181 Å². The topological polar surface area (TPSA) is 78.3 Å². The van der Waals surface area contributed by atoms with Gasteiger partial charge in [0.25, 0.3) is 0 Å². The highest BCUT2D eigenvalue weighted by molar-refractivity contribution is 5.98. The zero-order valence-corrected chi connectivity index (χ0v) is 19.6. The van der Waals surface area contributed by atoms with Gasteiger partial charge in [0.1, 0.15) is 12.4 Å². The standard InChI is InChI=1S/C18H24N4O2.C6H14/c1-6-14(7-2)9-20-15-8-16(21-17(12(15)4)13(5)19)22-11(3)10-24-18(22)23;1-4-5-6(2)3/h6-8,11,19H,1,9-10H2,2-5H3,(H,20,21);6H,4-5H2,1-3H3/b14-7+,19-13?;. The molecule has 2 N–H and O–H groups in total. The molecule has 1 aliphatic heterocycles. The van der Waals surface area contributed by atoms with Gasteiger partial charge in [-0.1, -0.05) is 52.3 Å². The summed E-state index contributed by atoms with van der Waals surface area (Å²) in [6.45, 7) is 18.9. The first-order valence-electron chi connectivity index (χ1n) is 10.7. The number of aromatic nitrogens is 1. The van der Waals surface area contributed by atoms with E-state index in [2.05, 4.69) is 37.7 Å². The lowest BCUT2D eigenvalue weighted by Crippen LogP contribution is -2.32. The maximum atomic E-state index is 12.0. The molecule has 2 heterocycles. The van der Waals surface area contributed by atoms with Crippen molar-refractivity contribution in [2.45, 2.75) is 67.3 Å². The van der Waals surface area contributed by atoms with Crippen molar-refractivity contribution in [2.75, 3.05) is 23.4 Å². The monoisotopic (exact) mass is 414 g/mol. The highest BCUT2D eigenvalue weighted by Gasteiger charge is 2.32. The maximum Gasteiger partial charge on any atom is 0.415 e. The van der Waals surface area contributed by atoms with E-state index in [-0.39, 0.29) is 6.04 Å². The van der Waals surface area contributed by atoms with Crippen molar-refractivity contribution in [3.63, 3.8) is 0 Å². The summed E-state index contributed by atoms with van der Waals surface area (Å²) >= 11 is 0. The quantitative estimate of drug-likeness (QED) is 0.397. The van der Waals surface area contributed by atoms with Crippen LogP contribution in [0.5, 0.6) is 0 Å². The van der Waals surface area contributed by atoms with E-state index in [9.17, 15) is 4.79 Å². The van der Waals surface area contributed by atoms with Crippen molar-refractivity contribution in [3.8, 4) is 0 Å². The Morgan fingerprint density at radius 1 is 1.50 bits per heavy atom. The third-order valence-electron chi connectivity index (χ3n) is 4.93. The number of ether oxygens (including phenoxy) is 1. The van der Waals surface area contributed by atoms with Crippen LogP contribution in [0.3, 0.4) is 0 Å². The van der Waals surface area contributed by atoms with Gasteiger partial charge in [0.05, 0.1) is 17.4 Å². The average Bonchev–Trinajstić information content (AvgIpc) is 3.02. The van der Waals surface area contributed by atoms with Crippen molar-refractivity contribution < 1.29 is 9.53 Å². The molecule has 0 aliphatic carbocycles. The lowest BCUT2D eigenvalue weighted by atomic mass is 10.1. The predicted molar refractivity (Wildman–Crippen MR) is 127 cm³/mol. The van der Waals surface area contributed by atoms with E-state index in [1.807, 2.05) is 32.9 Å². The van der Waals surface area contributed by atoms with E-state index in [1.54, 1.807) is 13.0 Å². The van der Waals surface area contributed by atoms with Crippen molar-refractivity contribution >= 4 is 23.3 Å². The van der Waals surface area contributed by atoms with E-state index in [0.29, 0.717) is 30.4 Å². The van der Waals surface area contributed by atoms with Crippen LogP contribution in [0, 0.1) is 18.3 Å². The Kier molecular flexibility index (Phi) is 10.3. The van der Waals surface area contributed by atoms with Gasteiger partial charge in [0, 0.05) is 18.3 Å². The Hall–Kier alpha value is -2.63. The molecule has 0 radical (unpaired) electrons. The SMILES string of the molecule is C=C/C(=C\C)CNc1cc(N2C(=O)OCC2C)nc(C(C)=N)c1C.CCCC(C)C. The number of rotatable bonds is 8. The summed E-state index contributed by atoms with van der Waals surface area (Å²) in [6, 6.07) is 1.75. The molecule has 0 spiro atoms. The molecule has 0 bridgehead atoms. The number of pyridine rings is 1. The number of allylic oxidation sites excluding steroid dienone is 1. The zero-order chi connectivity index (χ0) is 22.8. The van der Waals surface area contributed by atoms with Gasteiger partial charge in [-0.3, -0.25) is 4.90 Å². The van der Waals surface area contributed by atoms with E-state index in [1.165, 1.54) is 17.7 Å². The molecule has 0 saturated carbocycles. The Bertz CT molecular complexity index is 784. The van der Waals surface area contributed by atoms with Crippen LogP contribution in [-0.2, 0) is 4.74 Å². The zero-order valence-electron chi connectivity index (χ0n) is 19.6. The lowest BCUT2D eigenvalue weighted by molar-refractivity contribution is 0.179. The number of nitrogens with one attached hydrogen (secondary N) is 2. The number of nitrogens with zero attached hydrogens (tertiary/aromatic N) is 2. The Morgan fingerprint density at radius 3 is 2.57 bits per heavy atom. The third kappa shape index (κ3) is 7.01. The van der Waals surface area contributed by atoms with Gasteiger partial charge in [-0.15, -0.1) is 0 Å². The summed E-state index contributed by atoms with van der Waals surface area (Å²) in [7, 11) is 0. The first-order valence-corrected chi connectivity index (χ1v) is 10.7. The first-order chi connectivity index (χ1) is 14.2. The summed E-state index contributed by atoms with van der Waals surface area (Å²) in [5.74, 6) is 1.40. The molecule has 1 saturated heterocycles. The van der Waals surface area contributed by atoms with Gasteiger partial charge < -0.3 is 15.5 Å². The fraction of sp³-hybridized carbons (Fsp3) is 0.542. The van der Waals surface area contributed by atoms with E-state index < -0.39 is 6.09 Å². The van der Waals surface area contributed by atoms with Crippen LogP contribution < -0.4 is 10.2 Å². The molecule has 1 aromatic heterocycles. The molecule has 1 aromatic rings. The predicted octanol–water partition coefficient (Wildman–Crippen LogP) is 6.11. The minimum atomic E-state index is -0.404. The lowest BCUT2D eigenvalue weighted by Gasteiger charge is -2.21. The highest BCUT2D eigenvalue weighted by atomic mass is 16.6. The third-order valence-corrected chi connectivity index (χ3v) is 4.93. The summed E-state index contributed by atoms with van der Waals surface area (Å²) in [4.78, 5) is 18.0. The van der Waals surface area contributed by atoms with Crippen LogP contribution in [0.4, 0.5) is 16.3 Å². The molecule has 1 aliphatic rings. The number of cyclic esters (lactones) is 1. The van der Waals surface area contributed by atoms with Gasteiger partial charge in [0.2, 0.25) is 0 Å². The molecule has 1 unspecified atom stereocenters. The second-order valence-corrected chi connectivity index (χ2v) is 8.03. The Morgan fingerprint density at radius 2 is 2.17 bits per heavy atom. The van der Waals surface area contributed by atoms with Crippen molar-refractivity contribution in [3.05, 3.63) is 41.6 Å². The van der Waals surface area contributed by atoms with Crippen LogP contribution in [0.15, 0.2) is 30.4 Å². The smallest absolute Gasteiger partial charge is 0.415 e. The molecule has 6 heteroatoms. The Balaban J connectivity index is 0.000000656. The number of anilines is 2. The molecular formula is C24H38N4O2. The van der Waals surface area contributed by atoms with Gasteiger partial charge in [-0.2, -0.15) is 0 Å².